The summed E-state index contributed by atoms with van der Waals surface area (Å²) in [6.07, 6.45) is 0.267. The van der Waals surface area contributed by atoms with Gasteiger partial charge in [0.15, 0.2) is 5.82 Å². The van der Waals surface area contributed by atoms with Gasteiger partial charge in [-0.25, -0.2) is 0 Å². The standard InChI is InChI=1S/C15H28N4O/c1-12(2)10-16-11-14-6-7-15(18-17-14)19(5)8-9-20-13(3)4/h6-7,12-13,16H,8-11H2,1-5H3. The lowest BCUT2D eigenvalue weighted by molar-refractivity contribution is 0.0845. The molecule has 0 aliphatic rings. The number of nitrogens with one attached hydrogen (secondary N) is 1. The fraction of sp³-hybridized carbons (Fsp3) is 0.733. The number of hydrogen-bond acceptors (Lipinski definition) is 5. The number of hydrogen-bond donors (Lipinski definition) is 1. The van der Waals surface area contributed by atoms with E-state index in [2.05, 4.69) is 34.3 Å². The van der Waals surface area contributed by atoms with Crippen LogP contribution in [0, 0.1) is 5.92 Å². The van der Waals surface area contributed by atoms with E-state index in [0.717, 1.165) is 31.1 Å². The van der Waals surface area contributed by atoms with Crippen molar-refractivity contribution in [1.82, 2.24) is 15.5 Å². The highest BCUT2D eigenvalue weighted by molar-refractivity contribution is 5.35. The average molecular weight is 280 g/mol. The Balaban J connectivity index is 2.37. The zero-order chi connectivity index (χ0) is 15.0. The predicted octanol–water partition coefficient (Wildman–Crippen LogP) is 2.08. The van der Waals surface area contributed by atoms with E-state index in [4.69, 9.17) is 4.74 Å². The first-order valence-electron chi connectivity index (χ1n) is 7.35. The minimum Gasteiger partial charge on any atom is -0.377 e. The van der Waals surface area contributed by atoms with Gasteiger partial charge in [0.25, 0.3) is 0 Å². The van der Waals surface area contributed by atoms with Gasteiger partial charge in [0, 0.05) is 20.1 Å². The quantitative estimate of drug-likeness (QED) is 0.750. The number of anilines is 1. The fourth-order valence-corrected chi connectivity index (χ4v) is 1.68. The van der Waals surface area contributed by atoms with Crippen molar-refractivity contribution in [3.8, 4) is 0 Å². The highest BCUT2D eigenvalue weighted by atomic mass is 16.5. The lowest BCUT2D eigenvalue weighted by atomic mass is 10.2. The Morgan fingerprint density at radius 2 is 1.95 bits per heavy atom. The van der Waals surface area contributed by atoms with Crippen LogP contribution in [0.5, 0.6) is 0 Å². The van der Waals surface area contributed by atoms with Crippen LogP contribution in [-0.4, -0.2) is 43.0 Å². The molecule has 0 bridgehead atoms. The van der Waals surface area contributed by atoms with Gasteiger partial charge in [-0.2, -0.15) is 5.10 Å². The molecule has 114 valence electrons. The summed E-state index contributed by atoms with van der Waals surface area (Å²) in [4.78, 5) is 2.06. The topological polar surface area (TPSA) is 50.3 Å². The van der Waals surface area contributed by atoms with E-state index < -0.39 is 0 Å². The maximum absolute atomic E-state index is 5.53. The number of rotatable bonds is 9. The Bertz CT molecular complexity index is 365. The van der Waals surface area contributed by atoms with Gasteiger partial charge in [-0.15, -0.1) is 5.10 Å². The minimum atomic E-state index is 0.267. The van der Waals surface area contributed by atoms with Crippen LogP contribution in [-0.2, 0) is 11.3 Å². The van der Waals surface area contributed by atoms with E-state index in [-0.39, 0.29) is 6.10 Å². The van der Waals surface area contributed by atoms with E-state index in [9.17, 15) is 0 Å². The summed E-state index contributed by atoms with van der Waals surface area (Å²) in [5, 5.41) is 11.9. The molecule has 0 unspecified atom stereocenters. The summed E-state index contributed by atoms with van der Waals surface area (Å²) >= 11 is 0. The average Bonchev–Trinajstić information content (AvgIpc) is 2.38. The second-order valence-corrected chi connectivity index (χ2v) is 5.75. The van der Waals surface area contributed by atoms with Crippen molar-refractivity contribution in [3.63, 3.8) is 0 Å². The Hall–Kier alpha value is -1.20. The molecule has 0 aliphatic carbocycles. The van der Waals surface area contributed by atoms with Gasteiger partial charge in [-0.3, -0.25) is 0 Å². The normalized spacial score (nSPS) is 11.3. The van der Waals surface area contributed by atoms with E-state index in [1.54, 1.807) is 0 Å². The molecule has 5 heteroatoms. The molecular formula is C15H28N4O. The number of aromatic nitrogens is 2. The largest absolute Gasteiger partial charge is 0.377 e. The zero-order valence-corrected chi connectivity index (χ0v) is 13.4. The fourth-order valence-electron chi connectivity index (χ4n) is 1.68. The van der Waals surface area contributed by atoms with Gasteiger partial charge in [0.2, 0.25) is 0 Å². The molecule has 1 heterocycles. The number of likely N-dealkylation sites (N-methyl/N-ethyl adjacent to an activating group) is 1. The summed E-state index contributed by atoms with van der Waals surface area (Å²) in [6.45, 7) is 11.7. The van der Waals surface area contributed by atoms with Crippen LogP contribution < -0.4 is 10.2 Å². The molecule has 0 amide bonds. The van der Waals surface area contributed by atoms with Crippen LogP contribution in [0.3, 0.4) is 0 Å². The van der Waals surface area contributed by atoms with Gasteiger partial charge < -0.3 is 15.0 Å². The molecule has 1 N–H and O–H groups in total. The minimum absolute atomic E-state index is 0.267. The first kappa shape index (κ1) is 16.9. The molecule has 5 nitrogen and oxygen atoms in total. The second kappa shape index (κ2) is 8.87. The molecule has 0 aliphatic heterocycles. The molecule has 1 rings (SSSR count). The molecule has 0 radical (unpaired) electrons. The van der Waals surface area contributed by atoms with E-state index >= 15 is 0 Å². The van der Waals surface area contributed by atoms with Gasteiger partial charge >= 0.3 is 0 Å². The van der Waals surface area contributed by atoms with Crippen molar-refractivity contribution >= 4 is 5.82 Å². The van der Waals surface area contributed by atoms with Crippen LogP contribution in [0.15, 0.2) is 12.1 Å². The predicted molar refractivity (Wildman–Crippen MR) is 82.9 cm³/mol. The SMILES string of the molecule is CC(C)CNCc1ccc(N(C)CCOC(C)C)nn1. The molecule has 20 heavy (non-hydrogen) atoms. The third-order valence-corrected chi connectivity index (χ3v) is 2.83. The van der Waals surface area contributed by atoms with Crippen molar-refractivity contribution in [3.05, 3.63) is 17.8 Å². The maximum atomic E-state index is 5.53. The molecule has 0 saturated heterocycles. The van der Waals surface area contributed by atoms with Crippen molar-refractivity contribution < 1.29 is 4.74 Å². The molecular weight excluding hydrogens is 252 g/mol. The molecule has 0 saturated carbocycles. The molecule has 1 aromatic heterocycles. The Labute approximate surface area is 122 Å². The Morgan fingerprint density at radius 3 is 2.50 bits per heavy atom. The van der Waals surface area contributed by atoms with Crippen LogP contribution in [0.2, 0.25) is 0 Å². The highest BCUT2D eigenvalue weighted by Crippen LogP contribution is 2.07. The third-order valence-electron chi connectivity index (χ3n) is 2.83. The Morgan fingerprint density at radius 1 is 1.20 bits per heavy atom. The first-order valence-corrected chi connectivity index (χ1v) is 7.35. The van der Waals surface area contributed by atoms with E-state index in [1.165, 1.54) is 0 Å². The van der Waals surface area contributed by atoms with Crippen molar-refractivity contribution in [2.75, 3.05) is 31.6 Å². The third kappa shape index (κ3) is 6.82. The van der Waals surface area contributed by atoms with Crippen LogP contribution in [0.4, 0.5) is 5.82 Å². The molecule has 1 aromatic rings. The molecule has 0 atom stereocenters. The number of nitrogens with zero attached hydrogens (tertiary/aromatic N) is 3. The van der Waals surface area contributed by atoms with Gasteiger partial charge in [-0.1, -0.05) is 13.8 Å². The Kier molecular flexibility index (Phi) is 7.47. The summed E-state index contributed by atoms with van der Waals surface area (Å²) in [7, 11) is 2.00. The van der Waals surface area contributed by atoms with Crippen LogP contribution in [0.25, 0.3) is 0 Å². The van der Waals surface area contributed by atoms with Crippen LogP contribution >= 0.6 is 0 Å². The van der Waals surface area contributed by atoms with Gasteiger partial charge in [0.1, 0.15) is 0 Å². The first-order chi connectivity index (χ1) is 9.49. The molecule has 0 fully saturated rings. The summed E-state index contributed by atoms with van der Waals surface area (Å²) in [6, 6.07) is 4.03. The zero-order valence-electron chi connectivity index (χ0n) is 13.4. The smallest absolute Gasteiger partial charge is 0.151 e. The summed E-state index contributed by atoms with van der Waals surface area (Å²) in [5.41, 5.74) is 0.973. The summed E-state index contributed by atoms with van der Waals surface area (Å²) < 4.78 is 5.53. The summed E-state index contributed by atoms with van der Waals surface area (Å²) in [5.74, 6) is 1.53. The lowest BCUT2D eigenvalue weighted by Crippen LogP contribution is -2.25. The van der Waals surface area contributed by atoms with E-state index in [0.29, 0.717) is 12.5 Å². The van der Waals surface area contributed by atoms with Crippen molar-refractivity contribution in [1.29, 1.82) is 0 Å². The maximum Gasteiger partial charge on any atom is 0.151 e. The van der Waals surface area contributed by atoms with Gasteiger partial charge in [0.05, 0.1) is 18.4 Å². The van der Waals surface area contributed by atoms with Crippen LogP contribution in [0.1, 0.15) is 33.4 Å². The number of ether oxygens (including phenoxy) is 1. The van der Waals surface area contributed by atoms with Gasteiger partial charge in [-0.05, 0) is 38.4 Å². The van der Waals surface area contributed by atoms with Crippen molar-refractivity contribution in [2.45, 2.75) is 40.3 Å². The molecule has 0 aromatic carbocycles. The van der Waals surface area contributed by atoms with Crippen molar-refractivity contribution in [2.24, 2.45) is 5.92 Å². The monoisotopic (exact) mass is 280 g/mol. The second-order valence-electron chi connectivity index (χ2n) is 5.75. The van der Waals surface area contributed by atoms with E-state index in [1.807, 2.05) is 33.0 Å². The highest BCUT2D eigenvalue weighted by Gasteiger charge is 2.04. The lowest BCUT2D eigenvalue weighted by Gasteiger charge is -2.18. The molecule has 0 spiro atoms.